The van der Waals surface area contributed by atoms with Gasteiger partial charge in [0.05, 0.1) is 11.6 Å². The fraction of sp³-hybridized carbons (Fsp3) is 0.517. The molecule has 1 unspecified atom stereocenters. The van der Waals surface area contributed by atoms with Crippen LogP contribution < -0.4 is 11.1 Å². The number of rotatable bonds is 8. The Morgan fingerprint density at radius 3 is 2.33 bits per heavy atom. The van der Waals surface area contributed by atoms with Crippen LogP contribution in [0, 0.1) is 0 Å². The molecule has 42 heavy (non-hydrogen) atoms. The number of nitrogens with one attached hydrogen (secondary N) is 1. The summed E-state index contributed by atoms with van der Waals surface area (Å²) in [4.78, 5) is 30.8. The number of fused-ring (bicyclic) bond motifs is 1. The molecular formula is C29H35F6N5O2. The van der Waals surface area contributed by atoms with E-state index in [0.717, 1.165) is 24.7 Å². The molecule has 2 heterocycles. The SMILES string of the molecule is C[C@H]1CN(C(CCC(F)(F)F)C(N)=O)Cc2cc(C(=O)Nc3ccc(CN4CCN(C)CC4)c(C(F)(F)F)c3)ccc21. The minimum Gasteiger partial charge on any atom is -0.368 e. The van der Waals surface area contributed by atoms with Crippen LogP contribution in [-0.4, -0.2) is 78.5 Å². The predicted molar refractivity (Wildman–Crippen MR) is 146 cm³/mol. The zero-order valence-corrected chi connectivity index (χ0v) is 23.5. The van der Waals surface area contributed by atoms with Crippen LogP contribution in [0.25, 0.3) is 0 Å². The molecule has 0 radical (unpaired) electrons. The highest BCUT2D eigenvalue weighted by atomic mass is 19.4. The molecule has 2 aromatic carbocycles. The van der Waals surface area contributed by atoms with Crippen molar-refractivity contribution in [2.45, 2.75) is 57.2 Å². The number of alkyl halides is 6. The number of nitrogens with two attached hydrogens (primary N) is 1. The minimum atomic E-state index is -4.61. The zero-order valence-electron chi connectivity index (χ0n) is 23.5. The normalized spacial score (nSPS) is 19.8. The molecule has 13 heteroatoms. The van der Waals surface area contributed by atoms with E-state index in [1.54, 1.807) is 23.1 Å². The quantitative estimate of drug-likeness (QED) is 0.426. The van der Waals surface area contributed by atoms with Gasteiger partial charge in [0, 0.05) is 63.5 Å². The van der Waals surface area contributed by atoms with Crippen molar-refractivity contribution in [2.24, 2.45) is 5.73 Å². The third kappa shape index (κ3) is 8.01. The molecule has 230 valence electrons. The number of hydrogen-bond acceptors (Lipinski definition) is 5. The van der Waals surface area contributed by atoms with E-state index in [1.807, 2.05) is 18.9 Å². The molecule has 3 N–H and O–H groups in total. The van der Waals surface area contributed by atoms with Crippen LogP contribution in [0.4, 0.5) is 32.0 Å². The van der Waals surface area contributed by atoms with E-state index >= 15 is 0 Å². The second-order valence-electron chi connectivity index (χ2n) is 11.2. The van der Waals surface area contributed by atoms with Gasteiger partial charge >= 0.3 is 12.4 Å². The van der Waals surface area contributed by atoms with E-state index in [9.17, 15) is 35.9 Å². The Morgan fingerprint density at radius 2 is 1.71 bits per heavy atom. The van der Waals surface area contributed by atoms with Gasteiger partial charge in [-0.1, -0.05) is 19.1 Å². The summed E-state index contributed by atoms with van der Waals surface area (Å²) in [5, 5.41) is 2.54. The number of likely N-dealkylation sites (N-methyl/N-ethyl adjacent to an activating group) is 1. The van der Waals surface area contributed by atoms with Gasteiger partial charge < -0.3 is 16.0 Å². The first kappa shape index (κ1) is 31.8. The van der Waals surface area contributed by atoms with E-state index in [4.69, 9.17) is 5.73 Å². The lowest BCUT2D eigenvalue weighted by Gasteiger charge is -2.37. The maximum Gasteiger partial charge on any atom is 0.416 e. The first-order chi connectivity index (χ1) is 19.6. The maximum atomic E-state index is 14.0. The molecule has 2 atom stereocenters. The van der Waals surface area contributed by atoms with Crippen molar-refractivity contribution in [3.63, 3.8) is 0 Å². The molecule has 0 spiro atoms. The molecule has 2 aliphatic heterocycles. The van der Waals surface area contributed by atoms with Crippen molar-refractivity contribution in [1.82, 2.24) is 14.7 Å². The Labute approximate surface area is 240 Å². The van der Waals surface area contributed by atoms with Gasteiger partial charge in [0.15, 0.2) is 0 Å². The number of halogens is 6. The van der Waals surface area contributed by atoms with Crippen LogP contribution in [-0.2, 0) is 24.1 Å². The average Bonchev–Trinajstić information content (AvgIpc) is 2.89. The van der Waals surface area contributed by atoms with Gasteiger partial charge in [0.25, 0.3) is 5.91 Å². The summed E-state index contributed by atoms with van der Waals surface area (Å²) < 4.78 is 80.4. The molecule has 0 aromatic heterocycles. The smallest absolute Gasteiger partial charge is 0.368 e. The van der Waals surface area contributed by atoms with Crippen LogP contribution in [0.5, 0.6) is 0 Å². The number of carbonyl (C=O) groups excluding carboxylic acids is 2. The molecule has 2 aromatic rings. The standard InChI is InChI=1S/C29H35F6N5O2/c1-18-15-40(25(26(36)41)7-8-28(30,31)32)17-21-13-19(4-6-23(18)21)27(42)37-22-5-3-20(24(14-22)29(33,34)35)16-39-11-9-38(2)10-12-39/h3-6,13-14,18,25H,7-12,15-17H2,1-2H3,(H2,36,41)(H,37,42)/t18-,25?/m0/s1. The molecule has 4 rings (SSSR count). The molecule has 1 saturated heterocycles. The first-order valence-corrected chi connectivity index (χ1v) is 13.8. The van der Waals surface area contributed by atoms with Crippen molar-refractivity contribution in [1.29, 1.82) is 0 Å². The van der Waals surface area contributed by atoms with Crippen LogP contribution in [0.1, 0.15) is 58.3 Å². The van der Waals surface area contributed by atoms with Gasteiger partial charge in [0.1, 0.15) is 0 Å². The van der Waals surface area contributed by atoms with Crippen LogP contribution in [0.3, 0.4) is 0 Å². The van der Waals surface area contributed by atoms with Crippen molar-refractivity contribution in [3.05, 3.63) is 64.2 Å². The van der Waals surface area contributed by atoms with E-state index in [1.165, 1.54) is 12.1 Å². The number of hydrogen-bond donors (Lipinski definition) is 2. The Morgan fingerprint density at radius 1 is 1.02 bits per heavy atom. The van der Waals surface area contributed by atoms with Gasteiger partial charge in [-0.2, -0.15) is 26.3 Å². The van der Waals surface area contributed by atoms with Gasteiger partial charge in [-0.25, -0.2) is 0 Å². The third-order valence-corrected chi connectivity index (χ3v) is 7.95. The average molecular weight is 600 g/mol. The highest BCUT2D eigenvalue weighted by Gasteiger charge is 2.36. The van der Waals surface area contributed by atoms with E-state index < -0.39 is 48.6 Å². The summed E-state index contributed by atoms with van der Waals surface area (Å²) in [5.41, 5.74) is 6.42. The Balaban J connectivity index is 1.51. The molecule has 1 fully saturated rings. The van der Waals surface area contributed by atoms with Crippen molar-refractivity contribution < 1.29 is 35.9 Å². The fourth-order valence-electron chi connectivity index (χ4n) is 5.65. The largest absolute Gasteiger partial charge is 0.416 e. The van der Waals surface area contributed by atoms with Gasteiger partial charge in [-0.05, 0) is 60.3 Å². The molecule has 0 saturated carbocycles. The topological polar surface area (TPSA) is 81.9 Å². The summed E-state index contributed by atoms with van der Waals surface area (Å²) in [5.74, 6) is -1.65. The minimum absolute atomic E-state index is 0.0110. The summed E-state index contributed by atoms with van der Waals surface area (Å²) in [6.07, 6.45) is -10.7. The number of benzene rings is 2. The number of piperazine rings is 1. The number of amides is 2. The van der Waals surface area contributed by atoms with Crippen molar-refractivity contribution >= 4 is 17.5 Å². The van der Waals surface area contributed by atoms with Crippen molar-refractivity contribution in [2.75, 3.05) is 45.1 Å². The highest BCUT2D eigenvalue weighted by Crippen LogP contribution is 2.35. The van der Waals surface area contributed by atoms with Crippen LogP contribution in [0.15, 0.2) is 36.4 Å². The summed E-state index contributed by atoms with van der Waals surface area (Å²) in [6.45, 7) is 5.26. The van der Waals surface area contributed by atoms with Crippen LogP contribution >= 0.6 is 0 Å². The Hall–Kier alpha value is -3.16. The Kier molecular flexibility index (Phi) is 9.53. The fourth-order valence-corrected chi connectivity index (χ4v) is 5.65. The number of primary amides is 1. The van der Waals surface area contributed by atoms with E-state index in [0.29, 0.717) is 25.2 Å². The molecule has 2 aliphatic rings. The monoisotopic (exact) mass is 599 g/mol. The lowest BCUT2D eigenvalue weighted by Crippen LogP contribution is -2.48. The summed E-state index contributed by atoms with van der Waals surface area (Å²) >= 11 is 0. The van der Waals surface area contributed by atoms with E-state index in [-0.39, 0.29) is 35.8 Å². The molecule has 2 amide bonds. The lowest BCUT2D eigenvalue weighted by molar-refractivity contribution is -0.142. The second kappa shape index (κ2) is 12.6. The highest BCUT2D eigenvalue weighted by molar-refractivity contribution is 6.04. The molecule has 0 bridgehead atoms. The molecule has 0 aliphatic carbocycles. The summed E-state index contributed by atoms with van der Waals surface area (Å²) in [7, 11) is 1.96. The van der Waals surface area contributed by atoms with Crippen LogP contribution in [0.2, 0.25) is 0 Å². The van der Waals surface area contributed by atoms with Gasteiger partial charge in [-0.15, -0.1) is 0 Å². The second-order valence-corrected chi connectivity index (χ2v) is 11.2. The lowest BCUT2D eigenvalue weighted by atomic mass is 9.88. The number of anilines is 1. The van der Waals surface area contributed by atoms with Gasteiger partial charge in [-0.3, -0.25) is 19.4 Å². The predicted octanol–water partition coefficient (Wildman–Crippen LogP) is 4.82. The number of nitrogens with zero attached hydrogens (tertiary/aromatic N) is 3. The van der Waals surface area contributed by atoms with Gasteiger partial charge in [0.2, 0.25) is 5.91 Å². The molecular weight excluding hydrogens is 564 g/mol. The summed E-state index contributed by atoms with van der Waals surface area (Å²) in [6, 6.07) is 7.46. The number of carbonyl (C=O) groups is 2. The first-order valence-electron chi connectivity index (χ1n) is 13.8. The van der Waals surface area contributed by atoms with Crippen molar-refractivity contribution in [3.8, 4) is 0 Å². The zero-order chi connectivity index (χ0) is 30.8. The van der Waals surface area contributed by atoms with E-state index in [2.05, 4.69) is 10.2 Å². The molecule has 7 nitrogen and oxygen atoms in total. The Bertz CT molecular complexity index is 1290. The maximum absolute atomic E-state index is 14.0. The third-order valence-electron chi connectivity index (χ3n) is 7.95.